The lowest BCUT2D eigenvalue weighted by Gasteiger charge is -2.04. The van der Waals surface area contributed by atoms with E-state index in [1.807, 2.05) is 6.92 Å². The average molecular weight is 268 g/mol. The maximum absolute atomic E-state index is 5.53. The quantitative estimate of drug-likeness (QED) is 0.450. The Morgan fingerprint density at radius 1 is 0.632 bits per heavy atom. The summed E-state index contributed by atoms with van der Waals surface area (Å²) in [6.07, 6.45) is 17.8. The van der Waals surface area contributed by atoms with E-state index in [0.29, 0.717) is 5.82 Å². The van der Waals surface area contributed by atoms with E-state index >= 15 is 0 Å². The Hall–Kier alpha value is -0.660. The van der Waals surface area contributed by atoms with E-state index in [9.17, 15) is 0 Å². The SMILES string of the molecule is CCCCCCCCCCCCCCC(C)=C(N)N. The Morgan fingerprint density at radius 2 is 1.00 bits per heavy atom. The summed E-state index contributed by atoms with van der Waals surface area (Å²) in [5.74, 6) is 0.517. The fourth-order valence-electron chi connectivity index (χ4n) is 2.38. The Kier molecular flexibility index (Phi) is 13.3. The largest absolute Gasteiger partial charge is 0.386 e. The first kappa shape index (κ1) is 18.3. The van der Waals surface area contributed by atoms with Gasteiger partial charge >= 0.3 is 0 Å². The van der Waals surface area contributed by atoms with Crippen LogP contribution in [0.15, 0.2) is 11.4 Å². The van der Waals surface area contributed by atoms with Gasteiger partial charge in [0.25, 0.3) is 0 Å². The first-order valence-corrected chi connectivity index (χ1v) is 8.39. The molecule has 0 aromatic carbocycles. The fourth-order valence-corrected chi connectivity index (χ4v) is 2.38. The average Bonchev–Trinajstić information content (AvgIpc) is 2.39. The van der Waals surface area contributed by atoms with Crippen LogP contribution in [0.2, 0.25) is 0 Å². The molecule has 0 atom stereocenters. The molecule has 0 aliphatic carbocycles. The standard InChI is InChI=1S/C17H36N2/c1-3-4-5-6-7-8-9-10-11-12-13-14-15-16(2)17(18)19/h3-15,18-19H2,1-2H3. The van der Waals surface area contributed by atoms with Crippen molar-refractivity contribution in [1.29, 1.82) is 0 Å². The number of unbranched alkanes of at least 4 members (excludes halogenated alkanes) is 11. The first-order chi connectivity index (χ1) is 9.18. The van der Waals surface area contributed by atoms with Crippen LogP contribution in [0.1, 0.15) is 97.3 Å². The van der Waals surface area contributed by atoms with Gasteiger partial charge in [-0.3, -0.25) is 0 Å². The Bertz CT molecular complexity index is 217. The maximum atomic E-state index is 5.53. The van der Waals surface area contributed by atoms with Crippen molar-refractivity contribution < 1.29 is 0 Å². The summed E-state index contributed by atoms with van der Waals surface area (Å²) >= 11 is 0. The molecule has 0 aromatic rings. The van der Waals surface area contributed by atoms with E-state index in [0.717, 1.165) is 12.0 Å². The van der Waals surface area contributed by atoms with Crippen molar-refractivity contribution in [2.45, 2.75) is 97.3 Å². The Balaban J connectivity index is 3.09. The third kappa shape index (κ3) is 13.6. The molecule has 0 radical (unpaired) electrons. The summed E-state index contributed by atoms with van der Waals surface area (Å²) in [6, 6.07) is 0. The topological polar surface area (TPSA) is 52.0 Å². The van der Waals surface area contributed by atoms with Gasteiger partial charge in [-0.25, -0.2) is 0 Å². The highest BCUT2D eigenvalue weighted by Gasteiger charge is 1.96. The molecule has 0 fully saturated rings. The molecule has 0 saturated heterocycles. The number of hydrogen-bond acceptors (Lipinski definition) is 2. The highest BCUT2D eigenvalue weighted by molar-refractivity contribution is 5.03. The molecule has 0 saturated carbocycles. The van der Waals surface area contributed by atoms with E-state index in [4.69, 9.17) is 11.5 Å². The lowest BCUT2D eigenvalue weighted by atomic mass is 10.0. The van der Waals surface area contributed by atoms with Crippen molar-refractivity contribution in [3.05, 3.63) is 11.4 Å². The summed E-state index contributed by atoms with van der Waals surface area (Å²) in [6.45, 7) is 4.31. The molecule has 0 heterocycles. The molecule has 0 amide bonds. The zero-order chi connectivity index (χ0) is 14.3. The minimum Gasteiger partial charge on any atom is -0.386 e. The molecular weight excluding hydrogens is 232 g/mol. The highest BCUT2D eigenvalue weighted by atomic mass is 14.8. The van der Waals surface area contributed by atoms with Gasteiger partial charge in [0.1, 0.15) is 0 Å². The number of allylic oxidation sites excluding steroid dienone is 1. The first-order valence-electron chi connectivity index (χ1n) is 8.39. The molecule has 114 valence electrons. The van der Waals surface area contributed by atoms with Gasteiger partial charge in [-0.05, 0) is 25.3 Å². The zero-order valence-electron chi connectivity index (χ0n) is 13.3. The van der Waals surface area contributed by atoms with Gasteiger partial charge in [0.05, 0.1) is 5.82 Å². The summed E-state index contributed by atoms with van der Waals surface area (Å²) in [7, 11) is 0. The number of rotatable bonds is 13. The molecule has 0 aliphatic heterocycles. The zero-order valence-corrected chi connectivity index (χ0v) is 13.3. The van der Waals surface area contributed by atoms with Crippen LogP contribution in [0.3, 0.4) is 0 Å². The van der Waals surface area contributed by atoms with Crippen LogP contribution in [-0.2, 0) is 0 Å². The highest BCUT2D eigenvalue weighted by Crippen LogP contribution is 2.14. The molecule has 0 bridgehead atoms. The van der Waals surface area contributed by atoms with Crippen molar-refractivity contribution in [3.63, 3.8) is 0 Å². The van der Waals surface area contributed by atoms with Crippen molar-refractivity contribution in [1.82, 2.24) is 0 Å². The van der Waals surface area contributed by atoms with E-state index in [1.165, 1.54) is 77.0 Å². The second-order valence-electron chi connectivity index (χ2n) is 5.87. The van der Waals surface area contributed by atoms with Gasteiger partial charge in [-0.15, -0.1) is 0 Å². The van der Waals surface area contributed by atoms with Gasteiger partial charge in [0.15, 0.2) is 0 Å². The van der Waals surface area contributed by atoms with E-state index in [-0.39, 0.29) is 0 Å². The summed E-state index contributed by atoms with van der Waals surface area (Å²) < 4.78 is 0. The molecule has 19 heavy (non-hydrogen) atoms. The predicted molar refractivity (Wildman–Crippen MR) is 86.8 cm³/mol. The smallest absolute Gasteiger partial charge is 0.0922 e. The van der Waals surface area contributed by atoms with E-state index in [2.05, 4.69) is 6.92 Å². The van der Waals surface area contributed by atoms with Crippen LogP contribution in [0.4, 0.5) is 0 Å². The van der Waals surface area contributed by atoms with Crippen molar-refractivity contribution >= 4 is 0 Å². The van der Waals surface area contributed by atoms with Gasteiger partial charge in [-0.2, -0.15) is 0 Å². The second kappa shape index (κ2) is 13.8. The van der Waals surface area contributed by atoms with Gasteiger partial charge < -0.3 is 11.5 Å². The number of hydrogen-bond donors (Lipinski definition) is 2. The lowest BCUT2D eigenvalue weighted by Crippen LogP contribution is -2.10. The van der Waals surface area contributed by atoms with Crippen LogP contribution in [0, 0.1) is 0 Å². The van der Waals surface area contributed by atoms with Crippen molar-refractivity contribution in [2.24, 2.45) is 11.5 Å². The van der Waals surface area contributed by atoms with E-state index < -0.39 is 0 Å². The normalized spacial score (nSPS) is 10.6. The van der Waals surface area contributed by atoms with Crippen LogP contribution in [0.25, 0.3) is 0 Å². The van der Waals surface area contributed by atoms with Crippen LogP contribution in [-0.4, -0.2) is 0 Å². The van der Waals surface area contributed by atoms with Crippen LogP contribution in [0.5, 0.6) is 0 Å². The molecule has 0 unspecified atom stereocenters. The molecule has 0 rings (SSSR count). The Labute approximate surface area is 121 Å². The predicted octanol–water partition coefficient (Wildman–Crippen LogP) is 5.23. The maximum Gasteiger partial charge on any atom is 0.0922 e. The van der Waals surface area contributed by atoms with E-state index in [1.54, 1.807) is 0 Å². The molecule has 2 nitrogen and oxygen atoms in total. The lowest BCUT2D eigenvalue weighted by molar-refractivity contribution is 0.543. The molecule has 0 spiro atoms. The molecule has 2 heteroatoms. The minimum atomic E-state index is 0.517. The monoisotopic (exact) mass is 268 g/mol. The van der Waals surface area contributed by atoms with Crippen LogP contribution >= 0.6 is 0 Å². The van der Waals surface area contributed by atoms with Gasteiger partial charge in [-0.1, -0.05) is 77.6 Å². The molecule has 4 N–H and O–H groups in total. The van der Waals surface area contributed by atoms with Crippen LogP contribution < -0.4 is 11.5 Å². The molecular formula is C17H36N2. The number of nitrogens with two attached hydrogens (primary N) is 2. The van der Waals surface area contributed by atoms with Crippen molar-refractivity contribution in [2.75, 3.05) is 0 Å². The third-order valence-corrected chi connectivity index (χ3v) is 3.90. The Morgan fingerprint density at radius 3 is 1.37 bits per heavy atom. The molecule has 0 aromatic heterocycles. The second-order valence-corrected chi connectivity index (χ2v) is 5.87. The van der Waals surface area contributed by atoms with Crippen molar-refractivity contribution in [3.8, 4) is 0 Å². The third-order valence-electron chi connectivity index (χ3n) is 3.90. The van der Waals surface area contributed by atoms with Gasteiger partial charge in [0.2, 0.25) is 0 Å². The molecule has 0 aliphatic rings. The van der Waals surface area contributed by atoms with Gasteiger partial charge in [0, 0.05) is 0 Å². The summed E-state index contributed by atoms with van der Waals surface area (Å²) in [4.78, 5) is 0. The fraction of sp³-hybridized carbons (Fsp3) is 0.882. The summed E-state index contributed by atoms with van der Waals surface area (Å²) in [5, 5.41) is 0. The summed E-state index contributed by atoms with van der Waals surface area (Å²) in [5.41, 5.74) is 12.2. The minimum absolute atomic E-state index is 0.517.